The van der Waals surface area contributed by atoms with Crippen molar-refractivity contribution >= 4 is 23.3 Å². The summed E-state index contributed by atoms with van der Waals surface area (Å²) in [5.74, 6) is 0.438. The molecule has 1 unspecified atom stereocenters. The number of thiazole rings is 1. The van der Waals surface area contributed by atoms with Crippen molar-refractivity contribution in [1.82, 2.24) is 10.3 Å². The molecule has 1 aliphatic rings. The fourth-order valence-corrected chi connectivity index (χ4v) is 4.17. The van der Waals surface area contributed by atoms with E-state index in [2.05, 4.69) is 24.4 Å². The standard InChI is InChI=1S/C23H22N2O4S/c1-15-19(24-22(30-15)17-7-3-2-4-8-17)14-28-18-12-10-16(11-13-18)6-5-9-20-21(26)25-23(27)29-20/h2-4,7-8,10-13,20H,5-6,9,14H2,1H3,(H,25,26,27). The quantitative estimate of drug-likeness (QED) is 0.571. The van der Waals surface area contributed by atoms with Crippen LogP contribution >= 0.6 is 11.3 Å². The summed E-state index contributed by atoms with van der Waals surface area (Å²) in [5.41, 5.74) is 3.21. The lowest BCUT2D eigenvalue weighted by atomic mass is 10.1. The first kappa shape index (κ1) is 20.1. The Labute approximate surface area is 178 Å². The third kappa shape index (κ3) is 4.86. The van der Waals surface area contributed by atoms with Crippen molar-refractivity contribution in [2.24, 2.45) is 0 Å². The van der Waals surface area contributed by atoms with Crippen LogP contribution in [-0.2, 0) is 22.6 Å². The van der Waals surface area contributed by atoms with Crippen LogP contribution in [0.5, 0.6) is 5.75 Å². The number of benzene rings is 2. The fraction of sp³-hybridized carbons (Fsp3) is 0.261. The average molecular weight is 423 g/mol. The monoisotopic (exact) mass is 422 g/mol. The molecule has 1 aliphatic heterocycles. The van der Waals surface area contributed by atoms with Gasteiger partial charge in [0, 0.05) is 10.4 Å². The summed E-state index contributed by atoms with van der Waals surface area (Å²) in [5, 5.41) is 3.15. The zero-order valence-corrected chi connectivity index (χ0v) is 17.4. The molecule has 154 valence electrons. The van der Waals surface area contributed by atoms with Gasteiger partial charge < -0.3 is 9.47 Å². The summed E-state index contributed by atoms with van der Waals surface area (Å²) >= 11 is 1.67. The summed E-state index contributed by atoms with van der Waals surface area (Å²) in [6.45, 7) is 2.49. The van der Waals surface area contributed by atoms with Gasteiger partial charge in [-0.05, 0) is 43.9 Å². The Morgan fingerprint density at radius 1 is 1.10 bits per heavy atom. The third-order valence-corrected chi connectivity index (χ3v) is 5.97. The van der Waals surface area contributed by atoms with Crippen molar-refractivity contribution in [3.05, 3.63) is 70.7 Å². The number of nitrogens with one attached hydrogen (secondary N) is 1. The van der Waals surface area contributed by atoms with E-state index in [0.717, 1.165) is 45.3 Å². The second kappa shape index (κ2) is 9.09. The van der Waals surface area contributed by atoms with E-state index in [-0.39, 0.29) is 5.91 Å². The van der Waals surface area contributed by atoms with Crippen LogP contribution in [-0.4, -0.2) is 23.1 Å². The number of nitrogens with zero attached hydrogens (tertiary/aromatic N) is 1. The highest BCUT2D eigenvalue weighted by Crippen LogP contribution is 2.28. The average Bonchev–Trinajstić information content (AvgIpc) is 3.29. The Kier molecular flexibility index (Phi) is 6.09. The summed E-state index contributed by atoms with van der Waals surface area (Å²) in [6.07, 6.45) is 0.752. The molecular weight excluding hydrogens is 400 g/mol. The molecule has 2 aromatic carbocycles. The van der Waals surface area contributed by atoms with Crippen LogP contribution < -0.4 is 10.1 Å². The van der Waals surface area contributed by atoms with E-state index in [1.807, 2.05) is 42.5 Å². The van der Waals surface area contributed by atoms with E-state index < -0.39 is 12.2 Å². The van der Waals surface area contributed by atoms with Crippen LogP contribution in [0.25, 0.3) is 10.6 Å². The number of carbonyl (C=O) groups is 2. The Bertz CT molecular complexity index is 1030. The number of aromatic nitrogens is 1. The number of hydrogen-bond acceptors (Lipinski definition) is 6. The number of alkyl carbamates (subject to hydrolysis) is 1. The molecule has 0 spiro atoms. The molecule has 2 amide bonds. The third-order valence-electron chi connectivity index (χ3n) is 4.91. The molecule has 0 bridgehead atoms. The van der Waals surface area contributed by atoms with Gasteiger partial charge in [0.1, 0.15) is 17.4 Å². The van der Waals surface area contributed by atoms with Gasteiger partial charge in [0.15, 0.2) is 6.10 Å². The van der Waals surface area contributed by atoms with Crippen molar-refractivity contribution in [2.45, 2.75) is 38.9 Å². The van der Waals surface area contributed by atoms with Gasteiger partial charge in [-0.2, -0.15) is 0 Å². The Morgan fingerprint density at radius 3 is 2.57 bits per heavy atom. The number of imide groups is 1. The number of rotatable bonds is 8. The predicted octanol–water partition coefficient (Wildman–Crippen LogP) is 4.66. The van der Waals surface area contributed by atoms with Gasteiger partial charge in [-0.3, -0.25) is 10.1 Å². The van der Waals surface area contributed by atoms with Gasteiger partial charge >= 0.3 is 6.09 Å². The smallest absolute Gasteiger partial charge is 0.414 e. The summed E-state index contributed by atoms with van der Waals surface area (Å²) in [6, 6.07) is 18.1. The first-order chi connectivity index (χ1) is 14.6. The normalized spacial score (nSPS) is 15.7. The van der Waals surface area contributed by atoms with E-state index in [4.69, 9.17) is 14.5 Å². The summed E-state index contributed by atoms with van der Waals surface area (Å²) < 4.78 is 10.8. The molecule has 3 aromatic rings. The second-order valence-electron chi connectivity index (χ2n) is 7.10. The van der Waals surface area contributed by atoms with E-state index in [1.165, 1.54) is 0 Å². The van der Waals surface area contributed by atoms with E-state index >= 15 is 0 Å². The number of carbonyl (C=O) groups excluding carboxylic acids is 2. The van der Waals surface area contributed by atoms with Crippen LogP contribution in [0.1, 0.15) is 29.0 Å². The molecule has 0 aliphatic carbocycles. The fourth-order valence-electron chi connectivity index (χ4n) is 3.25. The highest BCUT2D eigenvalue weighted by molar-refractivity contribution is 7.15. The number of amides is 2. The molecule has 2 heterocycles. The molecular formula is C23H22N2O4S. The van der Waals surface area contributed by atoms with E-state index in [0.29, 0.717) is 13.0 Å². The van der Waals surface area contributed by atoms with Crippen LogP contribution in [0.15, 0.2) is 54.6 Å². The number of ether oxygens (including phenoxy) is 2. The van der Waals surface area contributed by atoms with Gasteiger partial charge in [-0.25, -0.2) is 9.78 Å². The Balaban J connectivity index is 1.27. The topological polar surface area (TPSA) is 77.5 Å². The maximum Gasteiger partial charge on any atom is 0.414 e. The molecule has 1 fully saturated rings. The van der Waals surface area contributed by atoms with Gasteiger partial charge in [0.25, 0.3) is 5.91 Å². The molecule has 0 saturated carbocycles. The van der Waals surface area contributed by atoms with Crippen LogP contribution in [0.4, 0.5) is 4.79 Å². The zero-order chi connectivity index (χ0) is 20.9. The maximum atomic E-state index is 11.5. The minimum absolute atomic E-state index is 0.350. The Hall–Kier alpha value is -3.19. The van der Waals surface area contributed by atoms with E-state index in [1.54, 1.807) is 11.3 Å². The molecule has 1 atom stereocenters. The SMILES string of the molecule is Cc1sc(-c2ccccc2)nc1COc1ccc(CCCC2OC(=O)NC2=O)cc1. The molecule has 1 aromatic heterocycles. The van der Waals surface area contributed by atoms with Crippen molar-refractivity contribution in [1.29, 1.82) is 0 Å². The minimum Gasteiger partial charge on any atom is -0.487 e. The van der Waals surface area contributed by atoms with Crippen molar-refractivity contribution in [2.75, 3.05) is 0 Å². The highest BCUT2D eigenvalue weighted by Gasteiger charge is 2.31. The zero-order valence-electron chi connectivity index (χ0n) is 16.6. The van der Waals surface area contributed by atoms with Crippen molar-refractivity contribution in [3.8, 4) is 16.3 Å². The van der Waals surface area contributed by atoms with Gasteiger partial charge in [0.2, 0.25) is 0 Å². The first-order valence-electron chi connectivity index (χ1n) is 9.83. The lowest BCUT2D eigenvalue weighted by Gasteiger charge is -2.08. The lowest BCUT2D eigenvalue weighted by Crippen LogP contribution is -2.24. The van der Waals surface area contributed by atoms with Crippen molar-refractivity contribution < 1.29 is 19.1 Å². The lowest BCUT2D eigenvalue weighted by molar-refractivity contribution is -0.123. The van der Waals surface area contributed by atoms with Gasteiger partial charge in [0.05, 0.1) is 5.69 Å². The largest absolute Gasteiger partial charge is 0.487 e. The number of cyclic esters (lactones) is 1. The van der Waals surface area contributed by atoms with Crippen molar-refractivity contribution in [3.63, 3.8) is 0 Å². The summed E-state index contributed by atoms with van der Waals surface area (Å²) in [4.78, 5) is 28.4. The molecule has 1 saturated heterocycles. The number of aryl methyl sites for hydroxylation is 2. The van der Waals surface area contributed by atoms with Crippen LogP contribution in [0.3, 0.4) is 0 Å². The highest BCUT2D eigenvalue weighted by atomic mass is 32.1. The predicted molar refractivity (Wildman–Crippen MR) is 114 cm³/mol. The molecule has 0 radical (unpaired) electrons. The Morgan fingerprint density at radius 2 is 1.87 bits per heavy atom. The molecule has 4 rings (SSSR count). The van der Waals surface area contributed by atoms with Gasteiger partial charge in [-0.15, -0.1) is 11.3 Å². The van der Waals surface area contributed by atoms with E-state index in [9.17, 15) is 9.59 Å². The minimum atomic E-state index is -0.665. The van der Waals surface area contributed by atoms with Crippen LogP contribution in [0, 0.1) is 6.92 Å². The second-order valence-corrected chi connectivity index (χ2v) is 8.30. The molecule has 7 heteroatoms. The molecule has 30 heavy (non-hydrogen) atoms. The number of hydrogen-bond donors (Lipinski definition) is 1. The van der Waals surface area contributed by atoms with Gasteiger partial charge in [-0.1, -0.05) is 42.5 Å². The maximum absolute atomic E-state index is 11.5. The summed E-state index contributed by atoms with van der Waals surface area (Å²) in [7, 11) is 0. The molecule has 6 nitrogen and oxygen atoms in total. The molecule has 1 N–H and O–H groups in total. The first-order valence-corrected chi connectivity index (χ1v) is 10.6. The van der Waals surface area contributed by atoms with Crippen LogP contribution in [0.2, 0.25) is 0 Å².